The Morgan fingerprint density at radius 3 is 2.44 bits per heavy atom. The van der Waals surface area contributed by atoms with Crippen LogP contribution in [0.5, 0.6) is 0 Å². The topological polar surface area (TPSA) is 37.8 Å². The van der Waals surface area contributed by atoms with Gasteiger partial charge in [-0.15, -0.1) is 0 Å². The van der Waals surface area contributed by atoms with Crippen LogP contribution in [0.3, 0.4) is 0 Å². The fourth-order valence-corrected chi connectivity index (χ4v) is 2.29. The van der Waals surface area contributed by atoms with Crippen molar-refractivity contribution >= 4 is 0 Å². The monoisotopic (exact) mass is 244 g/mol. The van der Waals surface area contributed by atoms with Crippen LogP contribution in [0, 0.1) is 6.92 Å². The molecule has 1 N–H and O–H groups in total. The van der Waals surface area contributed by atoms with E-state index in [2.05, 4.69) is 18.9 Å². The lowest BCUT2D eigenvalue weighted by Crippen LogP contribution is -2.17. The summed E-state index contributed by atoms with van der Waals surface area (Å²) in [4.78, 5) is 12.4. The van der Waals surface area contributed by atoms with Gasteiger partial charge in [0.15, 0.2) is 0 Å². The molecule has 1 aromatic carbocycles. The summed E-state index contributed by atoms with van der Waals surface area (Å²) in [5.74, 6) is 0.331. The van der Waals surface area contributed by atoms with E-state index in [0.717, 1.165) is 28.9 Å². The summed E-state index contributed by atoms with van der Waals surface area (Å²) in [6.45, 7) is 8.25. The third-order valence-corrected chi connectivity index (χ3v) is 3.31. The fourth-order valence-electron chi connectivity index (χ4n) is 2.29. The zero-order chi connectivity index (χ0) is 13.3. The second-order valence-electron chi connectivity index (χ2n) is 4.94. The smallest absolute Gasteiger partial charge is 0.274 e. The Morgan fingerprint density at radius 1 is 1.28 bits per heavy atom. The van der Waals surface area contributed by atoms with Crippen LogP contribution in [0.1, 0.15) is 43.5 Å². The van der Waals surface area contributed by atoms with Crippen molar-refractivity contribution < 1.29 is 0 Å². The molecule has 0 bridgehead atoms. The largest absolute Gasteiger partial charge is 0.294 e. The molecule has 2 aromatic rings. The van der Waals surface area contributed by atoms with Gasteiger partial charge in [-0.1, -0.05) is 39.0 Å². The van der Waals surface area contributed by atoms with Crippen molar-refractivity contribution in [1.29, 1.82) is 0 Å². The summed E-state index contributed by atoms with van der Waals surface area (Å²) in [6.07, 6.45) is 0.766. The predicted molar refractivity (Wildman–Crippen MR) is 74.6 cm³/mol. The number of aryl methyl sites for hydroxylation is 1. The summed E-state index contributed by atoms with van der Waals surface area (Å²) < 4.78 is 1.67. The van der Waals surface area contributed by atoms with E-state index in [4.69, 9.17) is 0 Å². The highest BCUT2D eigenvalue weighted by molar-refractivity contribution is 5.40. The number of aromatic amines is 1. The minimum atomic E-state index is 0.0792. The fraction of sp³-hybridized carbons (Fsp3) is 0.400. The van der Waals surface area contributed by atoms with Gasteiger partial charge in [0.1, 0.15) is 0 Å². The number of hydrogen-bond donors (Lipinski definition) is 1. The van der Waals surface area contributed by atoms with E-state index < -0.39 is 0 Å². The van der Waals surface area contributed by atoms with Crippen LogP contribution in [-0.4, -0.2) is 9.78 Å². The standard InChI is InChI=1S/C15H20N2O/c1-5-12-14(10(2)3)16-17(15(12)18)13-9-7-6-8-11(13)4/h6-10,16H,5H2,1-4H3. The molecule has 0 unspecified atom stereocenters. The van der Waals surface area contributed by atoms with Crippen molar-refractivity contribution in [3.63, 3.8) is 0 Å². The lowest BCUT2D eigenvalue weighted by molar-refractivity contribution is 0.755. The first-order valence-electron chi connectivity index (χ1n) is 6.46. The zero-order valence-corrected chi connectivity index (χ0v) is 11.4. The van der Waals surface area contributed by atoms with Crippen molar-refractivity contribution in [1.82, 2.24) is 9.78 Å². The molecule has 3 nitrogen and oxygen atoms in total. The molecule has 0 aliphatic carbocycles. The quantitative estimate of drug-likeness (QED) is 0.884. The van der Waals surface area contributed by atoms with Gasteiger partial charge in [0, 0.05) is 11.3 Å². The Hall–Kier alpha value is -1.77. The first-order chi connectivity index (χ1) is 8.56. The molecule has 3 heteroatoms. The van der Waals surface area contributed by atoms with Crippen LogP contribution in [0.2, 0.25) is 0 Å². The van der Waals surface area contributed by atoms with Crippen LogP contribution in [0.25, 0.3) is 5.69 Å². The molecule has 0 saturated carbocycles. The van der Waals surface area contributed by atoms with Gasteiger partial charge in [-0.3, -0.25) is 9.89 Å². The van der Waals surface area contributed by atoms with Gasteiger partial charge in [-0.2, -0.15) is 0 Å². The van der Waals surface area contributed by atoms with Gasteiger partial charge < -0.3 is 0 Å². The number of hydrogen-bond acceptors (Lipinski definition) is 1. The Labute approximate surface area is 107 Å². The second kappa shape index (κ2) is 4.84. The van der Waals surface area contributed by atoms with E-state index >= 15 is 0 Å². The molecule has 0 radical (unpaired) electrons. The first-order valence-corrected chi connectivity index (χ1v) is 6.46. The Bertz CT molecular complexity index is 605. The molecule has 0 fully saturated rings. The molecule has 96 valence electrons. The van der Waals surface area contributed by atoms with E-state index in [1.165, 1.54) is 0 Å². The maximum atomic E-state index is 12.4. The van der Waals surface area contributed by atoms with Gasteiger partial charge in [-0.25, -0.2) is 4.68 Å². The summed E-state index contributed by atoms with van der Waals surface area (Å²) in [5, 5.41) is 3.26. The van der Waals surface area contributed by atoms with Crippen LogP contribution in [0.4, 0.5) is 0 Å². The van der Waals surface area contributed by atoms with Crippen LogP contribution < -0.4 is 5.56 Å². The SMILES string of the molecule is CCc1c(C(C)C)[nH]n(-c2ccccc2C)c1=O. The van der Waals surface area contributed by atoms with Gasteiger partial charge >= 0.3 is 0 Å². The van der Waals surface area contributed by atoms with Crippen molar-refractivity contribution in [3.8, 4) is 5.69 Å². The molecular weight excluding hydrogens is 224 g/mol. The highest BCUT2D eigenvalue weighted by Crippen LogP contribution is 2.18. The average molecular weight is 244 g/mol. The molecule has 18 heavy (non-hydrogen) atoms. The highest BCUT2D eigenvalue weighted by Gasteiger charge is 2.16. The van der Waals surface area contributed by atoms with E-state index in [1.54, 1.807) is 4.68 Å². The van der Waals surface area contributed by atoms with Crippen molar-refractivity contribution in [2.45, 2.75) is 40.0 Å². The average Bonchev–Trinajstić information content (AvgIpc) is 2.67. The molecule has 0 spiro atoms. The summed E-state index contributed by atoms with van der Waals surface area (Å²) in [7, 11) is 0. The normalized spacial score (nSPS) is 11.2. The molecular formula is C15H20N2O. The molecule has 0 amide bonds. The van der Waals surface area contributed by atoms with Crippen molar-refractivity contribution in [2.24, 2.45) is 0 Å². The van der Waals surface area contributed by atoms with Crippen molar-refractivity contribution in [2.75, 3.05) is 0 Å². The molecule has 0 saturated heterocycles. The lowest BCUT2D eigenvalue weighted by atomic mass is 10.0. The van der Waals surface area contributed by atoms with Gasteiger partial charge in [0.2, 0.25) is 0 Å². The third kappa shape index (κ3) is 2.01. The Morgan fingerprint density at radius 2 is 1.94 bits per heavy atom. The molecule has 2 rings (SSSR count). The molecule has 1 aromatic heterocycles. The van der Waals surface area contributed by atoms with Gasteiger partial charge in [-0.05, 0) is 30.9 Å². The van der Waals surface area contributed by atoms with E-state index in [9.17, 15) is 4.79 Å². The summed E-state index contributed by atoms with van der Waals surface area (Å²) in [5.41, 5.74) is 4.05. The summed E-state index contributed by atoms with van der Waals surface area (Å²) in [6, 6.07) is 7.92. The number of rotatable bonds is 3. The minimum absolute atomic E-state index is 0.0792. The Balaban J connectivity index is 2.67. The maximum absolute atomic E-state index is 12.4. The van der Waals surface area contributed by atoms with Gasteiger partial charge in [0.05, 0.1) is 5.69 Å². The minimum Gasteiger partial charge on any atom is -0.294 e. The molecule has 0 atom stereocenters. The van der Waals surface area contributed by atoms with Gasteiger partial charge in [0.25, 0.3) is 5.56 Å². The molecule has 0 aliphatic rings. The van der Waals surface area contributed by atoms with E-state index in [-0.39, 0.29) is 5.56 Å². The van der Waals surface area contributed by atoms with Crippen LogP contribution in [-0.2, 0) is 6.42 Å². The summed E-state index contributed by atoms with van der Waals surface area (Å²) >= 11 is 0. The molecule has 1 heterocycles. The lowest BCUT2D eigenvalue weighted by Gasteiger charge is -2.06. The van der Waals surface area contributed by atoms with E-state index in [1.807, 2.05) is 38.1 Å². The number of nitrogens with one attached hydrogen (secondary N) is 1. The van der Waals surface area contributed by atoms with Crippen molar-refractivity contribution in [3.05, 3.63) is 51.4 Å². The Kier molecular flexibility index (Phi) is 3.41. The first kappa shape index (κ1) is 12.7. The number of nitrogens with zero attached hydrogens (tertiary/aromatic N) is 1. The predicted octanol–water partition coefficient (Wildman–Crippen LogP) is 3.16. The third-order valence-electron chi connectivity index (χ3n) is 3.31. The zero-order valence-electron chi connectivity index (χ0n) is 11.4. The second-order valence-corrected chi connectivity index (χ2v) is 4.94. The van der Waals surface area contributed by atoms with E-state index in [0.29, 0.717) is 5.92 Å². The molecule has 0 aliphatic heterocycles. The highest BCUT2D eigenvalue weighted by atomic mass is 16.1. The van der Waals surface area contributed by atoms with Crippen LogP contribution in [0.15, 0.2) is 29.1 Å². The number of benzene rings is 1. The number of para-hydroxylation sites is 1. The van der Waals surface area contributed by atoms with Crippen LogP contribution >= 0.6 is 0 Å². The number of aromatic nitrogens is 2. The number of H-pyrrole nitrogens is 1. The maximum Gasteiger partial charge on any atom is 0.274 e.